The highest BCUT2D eigenvalue weighted by Gasteiger charge is 2.27. The molecule has 0 aliphatic carbocycles. The number of benzene rings is 1. The van der Waals surface area contributed by atoms with Gasteiger partial charge in [-0.2, -0.15) is 4.79 Å². The molecule has 1 unspecified atom stereocenters. The predicted octanol–water partition coefficient (Wildman–Crippen LogP) is 1.43. The summed E-state index contributed by atoms with van der Waals surface area (Å²) in [5.41, 5.74) is 9.25. The molecule has 1 aliphatic rings. The first-order chi connectivity index (χ1) is 8.24. The van der Waals surface area contributed by atoms with Gasteiger partial charge in [0.1, 0.15) is 11.5 Å². The molecule has 5 nitrogen and oxygen atoms in total. The van der Waals surface area contributed by atoms with E-state index in [1.54, 1.807) is 7.11 Å². The summed E-state index contributed by atoms with van der Waals surface area (Å²) in [5.74, 6) is 1.29. The first kappa shape index (κ1) is 11.4. The van der Waals surface area contributed by atoms with E-state index in [-0.39, 0.29) is 18.1 Å². The molecule has 0 bridgehead atoms. The second kappa shape index (κ2) is 4.80. The molecule has 1 aromatic rings. The van der Waals surface area contributed by atoms with Gasteiger partial charge in [-0.3, -0.25) is 4.79 Å². The van der Waals surface area contributed by atoms with Crippen LogP contribution in [0, 0.1) is 0 Å². The van der Waals surface area contributed by atoms with Crippen molar-refractivity contribution in [3.63, 3.8) is 0 Å². The Morgan fingerprint density at radius 1 is 1.71 bits per heavy atom. The zero-order valence-electron chi connectivity index (χ0n) is 9.42. The van der Waals surface area contributed by atoms with Crippen LogP contribution < -0.4 is 9.47 Å². The van der Waals surface area contributed by atoms with Crippen LogP contribution in [0.2, 0.25) is 0 Å². The summed E-state index contributed by atoms with van der Waals surface area (Å²) in [4.78, 5) is 14.1. The maximum absolute atomic E-state index is 11.4. The van der Waals surface area contributed by atoms with Crippen molar-refractivity contribution >= 4 is 12.0 Å². The number of carbonyl (C=O) groups excluding carboxylic acids is 1. The molecule has 2 rings (SSSR count). The fourth-order valence-electron chi connectivity index (χ4n) is 1.91. The van der Waals surface area contributed by atoms with Crippen molar-refractivity contribution in [3.8, 4) is 11.5 Å². The van der Waals surface area contributed by atoms with Crippen LogP contribution >= 0.6 is 0 Å². The lowest BCUT2D eigenvalue weighted by Crippen LogP contribution is -2.09. The Hall–Kier alpha value is -2.13. The second-order valence-electron chi connectivity index (χ2n) is 3.83. The van der Waals surface area contributed by atoms with Gasteiger partial charge in [0.05, 0.1) is 13.7 Å². The van der Waals surface area contributed by atoms with Gasteiger partial charge in [0.2, 0.25) is 5.78 Å². The third-order valence-electron chi connectivity index (χ3n) is 2.75. The van der Waals surface area contributed by atoms with E-state index < -0.39 is 0 Å². The van der Waals surface area contributed by atoms with E-state index in [9.17, 15) is 4.79 Å². The van der Waals surface area contributed by atoms with Gasteiger partial charge in [-0.15, -0.1) is 0 Å². The number of rotatable bonds is 4. The van der Waals surface area contributed by atoms with Gasteiger partial charge in [0.15, 0.2) is 0 Å². The fraction of sp³-hybridized carbons (Fsp3) is 0.333. The molecule has 88 valence electrons. The smallest absolute Gasteiger partial charge is 0.323 e. The quantitative estimate of drug-likeness (QED) is 0.448. The number of ether oxygens (including phenoxy) is 2. The molecule has 0 saturated carbocycles. The van der Waals surface area contributed by atoms with E-state index in [1.807, 2.05) is 18.2 Å². The highest BCUT2D eigenvalue weighted by molar-refractivity contribution is 6.25. The predicted molar refractivity (Wildman–Crippen MR) is 60.5 cm³/mol. The average molecular weight is 232 g/mol. The Morgan fingerprint density at radius 2 is 2.53 bits per heavy atom. The number of Topliss-reactive ketones (excluding diaryl/α,β-unsaturated/α-hetero) is 1. The maximum atomic E-state index is 11.4. The largest absolute Gasteiger partial charge is 0.497 e. The lowest BCUT2D eigenvalue weighted by atomic mass is 9.96. The van der Waals surface area contributed by atoms with Crippen LogP contribution in [0.5, 0.6) is 11.5 Å². The Labute approximate surface area is 98.6 Å². The van der Waals surface area contributed by atoms with Crippen molar-refractivity contribution in [3.05, 3.63) is 29.3 Å². The molecular formula is C12H12N2O3. The molecule has 0 radical (unpaired) electrons. The molecule has 0 N–H and O–H groups in total. The van der Waals surface area contributed by atoms with Gasteiger partial charge in [-0.05, 0) is 18.2 Å². The zero-order valence-corrected chi connectivity index (χ0v) is 9.42. The monoisotopic (exact) mass is 232 g/mol. The third-order valence-corrected chi connectivity index (χ3v) is 2.75. The summed E-state index contributed by atoms with van der Waals surface area (Å²) in [6, 6.07) is 5.52. The molecule has 0 saturated heterocycles. The molecule has 0 amide bonds. The van der Waals surface area contributed by atoms with Crippen LogP contribution in [0.15, 0.2) is 18.2 Å². The summed E-state index contributed by atoms with van der Waals surface area (Å²) in [6.07, 6.45) is 1.18. The molecule has 17 heavy (non-hydrogen) atoms. The third kappa shape index (κ3) is 2.34. The average Bonchev–Trinajstić information content (AvgIpc) is 2.72. The number of ketones is 1. The number of nitrogens with zero attached hydrogens (tertiary/aromatic N) is 2. The van der Waals surface area contributed by atoms with Crippen molar-refractivity contribution < 1.29 is 19.1 Å². The van der Waals surface area contributed by atoms with E-state index in [0.717, 1.165) is 23.3 Å². The highest BCUT2D eigenvalue weighted by Crippen LogP contribution is 2.38. The maximum Gasteiger partial charge on any atom is 0.323 e. The summed E-state index contributed by atoms with van der Waals surface area (Å²) < 4.78 is 10.6. The van der Waals surface area contributed by atoms with Gasteiger partial charge in [0, 0.05) is 17.9 Å². The lowest BCUT2D eigenvalue weighted by Gasteiger charge is -2.06. The van der Waals surface area contributed by atoms with Crippen molar-refractivity contribution in [2.75, 3.05) is 13.7 Å². The number of hydrogen-bond acceptors (Lipinski definition) is 3. The Bertz CT molecular complexity index is 493. The van der Waals surface area contributed by atoms with E-state index in [1.165, 1.54) is 0 Å². The summed E-state index contributed by atoms with van der Waals surface area (Å²) in [5, 5.41) is 0. The van der Waals surface area contributed by atoms with Crippen molar-refractivity contribution in [1.29, 1.82) is 0 Å². The molecule has 1 atom stereocenters. The highest BCUT2D eigenvalue weighted by atomic mass is 16.5. The minimum absolute atomic E-state index is 0.00870. The van der Waals surface area contributed by atoms with Crippen LogP contribution in [0.3, 0.4) is 0 Å². The SMILES string of the molecule is COc1ccc2c(c1)C(CC(=O)C=[N+]=[N-])CO2. The molecule has 1 aromatic carbocycles. The summed E-state index contributed by atoms with van der Waals surface area (Å²) in [6.45, 7) is 0.466. The van der Waals surface area contributed by atoms with Gasteiger partial charge >= 0.3 is 6.21 Å². The number of carbonyl (C=O) groups is 1. The molecular weight excluding hydrogens is 220 g/mol. The molecule has 1 heterocycles. The zero-order chi connectivity index (χ0) is 12.3. The van der Waals surface area contributed by atoms with Gasteiger partial charge in [-0.1, -0.05) is 0 Å². The lowest BCUT2D eigenvalue weighted by molar-refractivity contribution is -0.116. The molecule has 0 aromatic heterocycles. The van der Waals surface area contributed by atoms with Crippen molar-refractivity contribution in [1.82, 2.24) is 0 Å². The van der Waals surface area contributed by atoms with Crippen LogP contribution in [-0.2, 0) is 4.79 Å². The minimum atomic E-state index is -0.225. The summed E-state index contributed by atoms with van der Waals surface area (Å²) in [7, 11) is 1.59. The first-order valence-corrected chi connectivity index (χ1v) is 5.25. The summed E-state index contributed by atoms with van der Waals surface area (Å²) >= 11 is 0. The van der Waals surface area contributed by atoms with Gasteiger partial charge in [-0.25, -0.2) is 0 Å². The second-order valence-corrected chi connectivity index (χ2v) is 3.83. The van der Waals surface area contributed by atoms with E-state index >= 15 is 0 Å². The van der Waals surface area contributed by atoms with E-state index in [0.29, 0.717) is 6.61 Å². The van der Waals surface area contributed by atoms with Crippen LogP contribution in [0.25, 0.3) is 5.53 Å². The molecule has 1 aliphatic heterocycles. The normalized spacial score (nSPS) is 16.6. The molecule has 0 fully saturated rings. The Kier molecular flexibility index (Phi) is 3.21. The van der Waals surface area contributed by atoms with E-state index in [2.05, 4.69) is 4.79 Å². The van der Waals surface area contributed by atoms with E-state index in [4.69, 9.17) is 15.0 Å². The van der Waals surface area contributed by atoms with Crippen LogP contribution in [0.4, 0.5) is 0 Å². The Balaban J connectivity index is 2.20. The van der Waals surface area contributed by atoms with Crippen molar-refractivity contribution in [2.45, 2.75) is 12.3 Å². The number of methoxy groups -OCH3 is 1. The van der Waals surface area contributed by atoms with Crippen LogP contribution in [0.1, 0.15) is 17.9 Å². The standard InChI is InChI=1S/C12H12N2O3/c1-16-10-2-3-12-11(5-10)8(7-17-12)4-9(15)6-14-13/h2-3,5-6,8H,4,7H2,1H3. The van der Waals surface area contributed by atoms with Crippen molar-refractivity contribution in [2.24, 2.45) is 0 Å². The minimum Gasteiger partial charge on any atom is -0.497 e. The number of hydrogen-bond donors (Lipinski definition) is 0. The fourth-order valence-corrected chi connectivity index (χ4v) is 1.91. The van der Waals surface area contributed by atoms with Gasteiger partial charge < -0.3 is 15.0 Å². The first-order valence-electron chi connectivity index (χ1n) is 5.25. The van der Waals surface area contributed by atoms with Crippen LogP contribution in [-0.4, -0.2) is 30.5 Å². The molecule has 5 heteroatoms. The van der Waals surface area contributed by atoms with Gasteiger partial charge in [0.25, 0.3) is 0 Å². The topological polar surface area (TPSA) is 71.9 Å². The number of fused-ring (bicyclic) bond motifs is 1. The Morgan fingerprint density at radius 3 is 3.24 bits per heavy atom. The molecule has 0 spiro atoms.